The lowest BCUT2D eigenvalue weighted by Crippen LogP contribution is -2.45. The Hall–Kier alpha value is -1.04. The normalized spacial score (nSPS) is 15.9. The number of piperidine rings is 1. The van der Waals surface area contributed by atoms with Gasteiger partial charge in [0.05, 0.1) is 17.9 Å². The number of rotatable bonds is 3. The predicted octanol–water partition coefficient (Wildman–Crippen LogP) is 3.23. The number of hydrogen-bond acceptors (Lipinski definition) is 4. The molecule has 1 fully saturated rings. The Morgan fingerprint density at radius 3 is 2.30 bits per heavy atom. The van der Waals surface area contributed by atoms with Crippen molar-refractivity contribution < 1.29 is 4.79 Å². The quantitative estimate of drug-likeness (QED) is 0.865. The molecule has 1 aliphatic heterocycles. The zero-order valence-electron chi connectivity index (χ0n) is 14.0. The highest BCUT2D eigenvalue weighted by Crippen LogP contribution is 2.21. The third-order valence-corrected chi connectivity index (χ3v) is 3.91. The maximum absolute atomic E-state index is 12.1. The lowest BCUT2D eigenvalue weighted by molar-refractivity contribution is -0.119. The highest BCUT2D eigenvalue weighted by Gasteiger charge is 2.27. The summed E-state index contributed by atoms with van der Waals surface area (Å²) in [6, 6.07) is 3.31. The zero-order valence-corrected chi connectivity index (χ0v) is 15.7. The molecule has 0 radical (unpaired) electrons. The molecule has 0 aromatic carbocycles. The number of anilines is 2. The van der Waals surface area contributed by atoms with E-state index in [0.717, 1.165) is 18.9 Å². The number of aromatic nitrogens is 1. The SMILES string of the molecule is CC(C)(C)[C@H](N)C(=O)Nc1ccc(N2CCCCC2)nc1.Cl.Cl. The lowest BCUT2D eigenvalue weighted by Gasteiger charge is -2.28. The van der Waals surface area contributed by atoms with Crippen molar-refractivity contribution in [3.8, 4) is 0 Å². The summed E-state index contributed by atoms with van der Waals surface area (Å²) in [7, 11) is 0. The van der Waals surface area contributed by atoms with Crippen LogP contribution < -0.4 is 16.0 Å². The largest absolute Gasteiger partial charge is 0.357 e. The van der Waals surface area contributed by atoms with E-state index in [4.69, 9.17) is 5.73 Å². The fraction of sp³-hybridized carbons (Fsp3) is 0.625. The van der Waals surface area contributed by atoms with E-state index in [1.54, 1.807) is 6.20 Å². The van der Waals surface area contributed by atoms with Crippen molar-refractivity contribution >= 4 is 42.2 Å². The molecule has 1 aromatic rings. The van der Waals surface area contributed by atoms with Crippen molar-refractivity contribution in [3.63, 3.8) is 0 Å². The smallest absolute Gasteiger partial charge is 0.241 e. The monoisotopic (exact) mass is 362 g/mol. The fourth-order valence-electron chi connectivity index (χ4n) is 2.38. The Morgan fingerprint density at radius 2 is 1.83 bits per heavy atom. The summed E-state index contributed by atoms with van der Waals surface area (Å²) in [5.74, 6) is 0.808. The molecule has 0 spiro atoms. The first-order valence-corrected chi connectivity index (χ1v) is 7.65. The minimum absolute atomic E-state index is 0. The van der Waals surface area contributed by atoms with Gasteiger partial charge in [0.1, 0.15) is 5.82 Å². The summed E-state index contributed by atoms with van der Waals surface area (Å²) in [5, 5.41) is 2.83. The number of nitrogens with one attached hydrogen (secondary N) is 1. The average molecular weight is 363 g/mol. The van der Waals surface area contributed by atoms with Crippen molar-refractivity contribution in [2.24, 2.45) is 11.1 Å². The second-order valence-electron chi connectivity index (χ2n) is 6.79. The number of carbonyl (C=O) groups excluding carboxylic acids is 1. The van der Waals surface area contributed by atoms with E-state index in [1.165, 1.54) is 19.3 Å². The molecule has 0 saturated carbocycles. The van der Waals surface area contributed by atoms with Crippen molar-refractivity contribution in [1.82, 2.24) is 4.98 Å². The fourth-order valence-corrected chi connectivity index (χ4v) is 2.38. The number of halogens is 2. The van der Waals surface area contributed by atoms with Crippen LogP contribution in [0.3, 0.4) is 0 Å². The summed E-state index contributed by atoms with van der Waals surface area (Å²) in [6.45, 7) is 7.99. The summed E-state index contributed by atoms with van der Waals surface area (Å²) in [4.78, 5) is 18.8. The van der Waals surface area contributed by atoms with E-state index < -0.39 is 6.04 Å². The van der Waals surface area contributed by atoms with Gasteiger partial charge in [-0.3, -0.25) is 4.79 Å². The number of nitrogens with two attached hydrogens (primary N) is 1. The zero-order chi connectivity index (χ0) is 15.5. The number of carbonyl (C=O) groups is 1. The average Bonchev–Trinajstić information content (AvgIpc) is 2.47. The van der Waals surface area contributed by atoms with Crippen LogP contribution in [0.1, 0.15) is 40.0 Å². The number of amides is 1. The van der Waals surface area contributed by atoms with Crippen LogP contribution in [0.4, 0.5) is 11.5 Å². The van der Waals surface area contributed by atoms with Gasteiger partial charge in [0.2, 0.25) is 5.91 Å². The Labute approximate surface area is 151 Å². The standard InChI is InChI=1S/C16H26N4O.2ClH/c1-16(2,3)14(17)15(21)19-12-7-8-13(18-11-12)20-9-5-4-6-10-20;;/h7-8,11,14H,4-6,9-10,17H2,1-3H3,(H,19,21);2*1H/t14-;;/m1../s1. The molecular weight excluding hydrogens is 335 g/mol. The van der Waals surface area contributed by atoms with Crippen LogP contribution in [0.5, 0.6) is 0 Å². The molecule has 1 aliphatic rings. The molecule has 0 unspecified atom stereocenters. The molecule has 132 valence electrons. The van der Waals surface area contributed by atoms with Gasteiger partial charge in [-0.05, 0) is 36.8 Å². The van der Waals surface area contributed by atoms with Gasteiger partial charge in [0.25, 0.3) is 0 Å². The van der Waals surface area contributed by atoms with E-state index in [-0.39, 0.29) is 36.1 Å². The van der Waals surface area contributed by atoms with Crippen LogP contribution in [0.2, 0.25) is 0 Å². The molecule has 1 saturated heterocycles. The van der Waals surface area contributed by atoms with Crippen LogP contribution in [0.15, 0.2) is 18.3 Å². The van der Waals surface area contributed by atoms with Gasteiger partial charge in [-0.15, -0.1) is 24.8 Å². The molecule has 2 rings (SSSR count). The van der Waals surface area contributed by atoms with E-state index >= 15 is 0 Å². The highest BCUT2D eigenvalue weighted by atomic mass is 35.5. The molecule has 7 heteroatoms. The molecule has 3 N–H and O–H groups in total. The van der Waals surface area contributed by atoms with Crippen LogP contribution in [-0.4, -0.2) is 30.0 Å². The molecule has 0 bridgehead atoms. The summed E-state index contributed by atoms with van der Waals surface area (Å²) >= 11 is 0. The van der Waals surface area contributed by atoms with E-state index in [2.05, 4.69) is 15.2 Å². The molecule has 23 heavy (non-hydrogen) atoms. The first-order valence-electron chi connectivity index (χ1n) is 7.65. The van der Waals surface area contributed by atoms with Gasteiger partial charge in [-0.25, -0.2) is 4.98 Å². The molecule has 5 nitrogen and oxygen atoms in total. The maximum Gasteiger partial charge on any atom is 0.241 e. The summed E-state index contributed by atoms with van der Waals surface area (Å²) in [5.41, 5.74) is 6.38. The minimum atomic E-state index is -0.542. The van der Waals surface area contributed by atoms with Crippen molar-refractivity contribution in [2.75, 3.05) is 23.3 Å². The topological polar surface area (TPSA) is 71.2 Å². The van der Waals surface area contributed by atoms with Crippen molar-refractivity contribution in [2.45, 2.75) is 46.1 Å². The van der Waals surface area contributed by atoms with Crippen molar-refractivity contribution in [1.29, 1.82) is 0 Å². The Balaban J connectivity index is 0.00000242. The summed E-state index contributed by atoms with van der Waals surface area (Å²) in [6.07, 6.45) is 5.45. The minimum Gasteiger partial charge on any atom is -0.357 e. The molecule has 1 aromatic heterocycles. The van der Waals surface area contributed by atoms with Crippen LogP contribution in [0.25, 0.3) is 0 Å². The third kappa shape index (κ3) is 6.16. The molecule has 0 aliphatic carbocycles. The number of hydrogen-bond donors (Lipinski definition) is 2. The number of pyridine rings is 1. The summed E-state index contributed by atoms with van der Waals surface area (Å²) < 4.78 is 0. The van der Waals surface area contributed by atoms with E-state index in [9.17, 15) is 4.79 Å². The van der Waals surface area contributed by atoms with Crippen molar-refractivity contribution in [3.05, 3.63) is 18.3 Å². The van der Waals surface area contributed by atoms with Gasteiger partial charge in [0, 0.05) is 13.1 Å². The maximum atomic E-state index is 12.1. The second-order valence-corrected chi connectivity index (χ2v) is 6.79. The van der Waals surface area contributed by atoms with E-state index in [1.807, 2.05) is 32.9 Å². The first kappa shape index (κ1) is 22.0. The van der Waals surface area contributed by atoms with Gasteiger partial charge >= 0.3 is 0 Å². The third-order valence-electron chi connectivity index (χ3n) is 3.91. The molecule has 1 amide bonds. The first-order chi connectivity index (χ1) is 9.88. The predicted molar refractivity (Wildman–Crippen MR) is 101 cm³/mol. The van der Waals surface area contributed by atoms with Gasteiger partial charge in [-0.2, -0.15) is 0 Å². The highest BCUT2D eigenvalue weighted by molar-refractivity contribution is 5.95. The second kappa shape index (κ2) is 9.30. The molecule has 1 atom stereocenters. The van der Waals surface area contributed by atoms with Crippen LogP contribution in [-0.2, 0) is 4.79 Å². The Kier molecular flexibility index (Phi) is 8.88. The van der Waals surface area contributed by atoms with Crippen LogP contribution >= 0.6 is 24.8 Å². The van der Waals surface area contributed by atoms with Gasteiger partial charge in [0.15, 0.2) is 0 Å². The van der Waals surface area contributed by atoms with E-state index in [0.29, 0.717) is 5.69 Å². The van der Waals surface area contributed by atoms with Gasteiger partial charge < -0.3 is 16.0 Å². The Bertz CT molecular complexity index is 482. The lowest BCUT2D eigenvalue weighted by atomic mass is 9.87. The Morgan fingerprint density at radius 1 is 1.22 bits per heavy atom. The molecular formula is C16H28Cl2N4O. The molecule has 2 heterocycles. The van der Waals surface area contributed by atoms with Crippen LogP contribution in [0, 0.1) is 5.41 Å². The number of nitrogens with zero attached hydrogens (tertiary/aromatic N) is 2. The van der Waals surface area contributed by atoms with Gasteiger partial charge in [-0.1, -0.05) is 20.8 Å².